The van der Waals surface area contributed by atoms with Crippen LogP contribution in [-0.2, 0) is 11.3 Å². The van der Waals surface area contributed by atoms with Gasteiger partial charge >= 0.3 is 0 Å². The number of ether oxygens (including phenoxy) is 2. The summed E-state index contributed by atoms with van der Waals surface area (Å²) in [5.41, 5.74) is 6.06. The molecule has 0 aliphatic rings. The third-order valence-electron chi connectivity index (χ3n) is 5.48. The molecule has 2 heterocycles. The standard InChI is InChI=1S/C27H26N4O4S2/c1-5-12-31-26(33)24-20(19-9-6-17(2)7-10-19)15-36-25(24)29-27(31)37-16-23(32)30-28-14-18-8-11-21(34-3)22(13-18)35-4/h5-11,13-15H,1,12,16H2,2-4H3,(H,30,32)/b28-14+. The lowest BCUT2D eigenvalue weighted by atomic mass is 10.1. The molecule has 0 spiro atoms. The van der Waals surface area contributed by atoms with Gasteiger partial charge in [-0.1, -0.05) is 47.7 Å². The van der Waals surface area contributed by atoms with Crippen LogP contribution < -0.4 is 20.5 Å². The number of hydrogen-bond acceptors (Lipinski definition) is 8. The van der Waals surface area contributed by atoms with E-state index in [1.54, 1.807) is 43.1 Å². The van der Waals surface area contributed by atoms with E-state index in [1.165, 1.54) is 29.3 Å². The fraction of sp³-hybridized carbons (Fsp3) is 0.185. The molecule has 0 radical (unpaired) electrons. The van der Waals surface area contributed by atoms with Crippen molar-refractivity contribution in [3.63, 3.8) is 0 Å². The van der Waals surface area contributed by atoms with Gasteiger partial charge in [-0.05, 0) is 36.2 Å². The molecular weight excluding hydrogens is 508 g/mol. The number of hydrogen-bond donors (Lipinski definition) is 1. The average molecular weight is 535 g/mol. The number of carbonyl (C=O) groups is 1. The summed E-state index contributed by atoms with van der Waals surface area (Å²) in [6.07, 6.45) is 3.16. The number of methoxy groups -OCH3 is 2. The lowest BCUT2D eigenvalue weighted by Gasteiger charge is -2.10. The van der Waals surface area contributed by atoms with E-state index in [1.807, 2.05) is 36.6 Å². The number of amides is 1. The second-order valence-corrected chi connectivity index (χ2v) is 9.79. The van der Waals surface area contributed by atoms with Crippen molar-refractivity contribution >= 4 is 45.4 Å². The SMILES string of the molecule is C=CCn1c(SCC(=O)N/N=C/c2ccc(OC)c(OC)c2)nc2scc(-c3ccc(C)cc3)c2c1=O. The Bertz CT molecular complexity index is 1520. The molecule has 4 aromatic rings. The third kappa shape index (κ3) is 5.92. The minimum absolute atomic E-state index is 0.0363. The van der Waals surface area contributed by atoms with Crippen molar-refractivity contribution in [2.24, 2.45) is 5.10 Å². The summed E-state index contributed by atoms with van der Waals surface area (Å²) in [6, 6.07) is 13.4. The Morgan fingerprint density at radius 2 is 1.95 bits per heavy atom. The van der Waals surface area contributed by atoms with Crippen LogP contribution in [0.3, 0.4) is 0 Å². The summed E-state index contributed by atoms with van der Waals surface area (Å²) in [7, 11) is 3.11. The summed E-state index contributed by atoms with van der Waals surface area (Å²) >= 11 is 2.59. The normalized spacial score (nSPS) is 11.1. The van der Waals surface area contributed by atoms with E-state index in [-0.39, 0.29) is 23.8 Å². The number of nitrogens with zero attached hydrogens (tertiary/aromatic N) is 3. The first-order chi connectivity index (χ1) is 17.9. The molecule has 2 aromatic carbocycles. The molecule has 0 atom stereocenters. The molecule has 0 unspecified atom stereocenters. The quantitative estimate of drug-likeness (QED) is 0.102. The predicted octanol–water partition coefficient (Wildman–Crippen LogP) is 4.88. The zero-order valence-electron chi connectivity index (χ0n) is 20.7. The Hall–Kier alpha value is -3.89. The van der Waals surface area contributed by atoms with Crippen LogP contribution in [0.4, 0.5) is 0 Å². The monoisotopic (exact) mass is 534 g/mol. The minimum atomic E-state index is -0.326. The summed E-state index contributed by atoms with van der Waals surface area (Å²) in [4.78, 5) is 31.2. The molecule has 0 aliphatic heterocycles. The van der Waals surface area contributed by atoms with Crippen molar-refractivity contribution in [3.8, 4) is 22.6 Å². The number of benzene rings is 2. The Labute approximate surface area is 222 Å². The third-order valence-corrected chi connectivity index (χ3v) is 7.32. The van der Waals surface area contributed by atoms with Crippen LogP contribution in [0.5, 0.6) is 11.5 Å². The van der Waals surface area contributed by atoms with Gasteiger partial charge in [-0.2, -0.15) is 5.10 Å². The predicted molar refractivity (Wildman–Crippen MR) is 150 cm³/mol. The van der Waals surface area contributed by atoms with Gasteiger partial charge in [0.25, 0.3) is 11.5 Å². The first-order valence-electron chi connectivity index (χ1n) is 11.3. The molecule has 1 amide bonds. The number of fused-ring (bicyclic) bond motifs is 1. The fourth-order valence-electron chi connectivity index (χ4n) is 3.63. The van der Waals surface area contributed by atoms with E-state index in [0.29, 0.717) is 26.9 Å². The van der Waals surface area contributed by atoms with Crippen molar-refractivity contribution < 1.29 is 14.3 Å². The van der Waals surface area contributed by atoms with E-state index >= 15 is 0 Å². The lowest BCUT2D eigenvalue weighted by Crippen LogP contribution is -2.24. The zero-order valence-corrected chi connectivity index (χ0v) is 22.3. The first kappa shape index (κ1) is 26.2. The molecule has 2 aromatic heterocycles. The Morgan fingerprint density at radius 1 is 1.19 bits per heavy atom. The van der Waals surface area contributed by atoms with Crippen LogP contribution in [0.25, 0.3) is 21.3 Å². The second-order valence-electron chi connectivity index (χ2n) is 7.99. The second kappa shape index (κ2) is 11.9. The van der Waals surface area contributed by atoms with Crippen LogP contribution in [0, 0.1) is 6.92 Å². The van der Waals surface area contributed by atoms with E-state index in [0.717, 1.165) is 22.3 Å². The van der Waals surface area contributed by atoms with Crippen LogP contribution in [0.15, 0.2) is 75.6 Å². The molecule has 0 bridgehead atoms. The maximum absolute atomic E-state index is 13.5. The van der Waals surface area contributed by atoms with E-state index in [9.17, 15) is 9.59 Å². The smallest absolute Gasteiger partial charge is 0.263 e. The van der Waals surface area contributed by atoms with Gasteiger partial charge in [-0.3, -0.25) is 14.2 Å². The molecule has 0 saturated heterocycles. The number of aromatic nitrogens is 2. The van der Waals surface area contributed by atoms with Crippen molar-refractivity contribution in [1.29, 1.82) is 0 Å². The van der Waals surface area contributed by atoms with E-state index in [2.05, 4.69) is 17.1 Å². The molecule has 8 nitrogen and oxygen atoms in total. The van der Waals surface area contributed by atoms with E-state index in [4.69, 9.17) is 14.5 Å². The van der Waals surface area contributed by atoms with E-state index < -0.39 is 0 Å². The summed E-state index contributed by atoms with van der Waals surface area (Å²) in [5, 5.41) is 6.99. The maximum Gasteiger partial charge on any atom is 0.263 e. The van der Waals surface area contributed by atoms with Gasteiger partial charge in [0, 0.05) is 17.5 Å². The highest BCUT2D eigenvalue weighted by Crippen LogP contribution is 2.32. The molecule has 4 rings (SSSR count). The largest absolute Gasteiger partial charge is 0.493 e. The zero-order chi connectivity index (χ0) is 26.4. The molecule has 0 aliphatic carbocycles. The van der Waals surface area contributed by atoms with Gasteiger partial charge in [0.05, 0.1) is 31.6 Å². The fourth-order valence-corrected chi connectivity index (χ4v) is 5.42. The Morgan fingerprint density at radius 3 is 2.65 bits per heavy atom. The van der Waals surface area contributed by atoms with Gasteiger partial charge in [0.15, 0.2) is 16.7 Å². The van der Waals surface area contributed by atoms with Gasteiger partial charge in [0.1, 0.15) is 4.83 Å². The highest BCUT2D eigenvalue weighted by Gasteiger charge is 2.17. The number of thioether (sulfide) groups is 1. The molecule has 0 fully saturated rings. The van der Waals surface area contributed by atoms with Crippen molar-refractivity contribution in [3.05, 3.63) is 82.0 Å². The van der Waals surface area contributed by atoms with Crippen molar-refractivity contribution in [1.82, 2.24) is 15.0 Å². The molecular formula is C27H26N4O4S2. The Balaban J connectivity index is 1.50. The van der Waals surface area contributed by atoms with Crippen molar-refractivity contribution in [2.75, 3.05) is 20.0 Å². The number of hydrazone groups is 1. The summed E-state index contributed by atoms with van der Waals surface area (Å²) in [5.74, 6) is 0.878. The number of allylic oxidation sites excluding steroid dienone is 1. The number of aryl methyl sites for hydroxylation is 1. The number of carbonyl (C=O) groups excluding carboxylic acids is 1. The van der Waals surface area contributed by atoms with Crippen LogP contribution in [0.2, 0.25) is 0 Å². The van der Waals surface area contributed by atoms with Crippen LogP contribution >= 0.6 is 23.1 Å². The lowest BCUT2D eigenvalue weighted by molar-refractivity contribution is -0.118. The summed E-state index contributed by atoms with van der Waals surface area (Å²) < 4.78 is 12.0. The average Bonchev–Trinajstić information content (AvgIpc) is 3.33. The molecule has 37 heavy (non-hydrogen) atoms. The molecule has 1 N–H and O–H groups in total. The summed E-state index contributed by atoms with van der Waals surface area (Å²) in [6.45, 7) is 6.08. The van der Waals surface area contributed by atoms with Gasteiger partial charge < -0.3 is 9.47 Å². The minimum Gasteiger partial charge on any atom is -0.493 e. The number of rotatable bonds is 10. The highest BCUT2D eigenvalue weighted by atomic mass is 32.2. The first-order valence-corrected chi connectivity index (χ1v) is 13.2. The maximum atomic E-state index is 13.5. The highest BCUT2D eigenvalue weighted by molar-refractivity contribution is 7.99. The molecule has 10 heteroatoms. The Kier molecular flexibility index (Phi) is 8.42. The van der Waals surface area contributed by atoms with Crippen LogP contribution in [-0.4, -0.2) is 41.6 Å². The van der Waals surface area contributed by atoms with Gasteiger partial charge in [-0.25, -0.2) is 10.4 Å². The van der Waals surface area contributed by atoms with Gasteiger partial charge in [-0.15, -0.1) is 17.9 Å². The molecule has 0 saturated carbocycles. The number of nitrogens with one attached hydrogen (secondary N) is 1. The van der Waals surface area contributed by atoms with Crippen LogP contribution in [0.1, 0.15) is 11.1 Å². The van der Waals surface area contributed by atoms with Crippen molar-refractivity contribution in [2.45, 2.75) is 18.6 Å². The topological polar surface area (TPSA) is 94.8 Å². The number of thiophene rings is 1. The van der Waals surface area contributed by atoms with Gasteiger partial charge in [0.2, 0.25) is 0 Å². The molecule has 190 valence electrons.